The van der Waals surface area contributed by atoms with E-state index in [4.69, 9.17) is 16.0 Å². The predicted molar refractivity (Wildman–Crippen MR) is 102 cm³/mol. The second kappa shape index (κ2) is 7.19. The molecule has 4 heterocycles. The van der Waals surface area contributed by atoms with Gasteiger partial charge in [-0.2, -0.15) is 10.4 Å². The van der Waals surface area contributed by atoms with Gasteiger partial charge in [0.2, 0.25) is 0 Å². The molecule has 4 rings (SSSR count). The molecule has 0 spiro atoms. The minimum absolute atomic E-state index is 0.264. The van der Waals surface area contributed by atoms with Gasteiger partial charge >= 0.3 is 0 Å². The summed E-state index contributed by atoms with van der Waals surface area (Å²) in [4.78, 5) is 15.7. The lowest BCUT2D eigenvalue weighted by atomic mass is 10.0. The summed E-state index contributed by atoms with van der Waals surface area (Å²) < 4.78 is 7.01. The van der Waals surface area contributed by atoms with E-state index in [0.29, 0.717) is 34.4 Å². The van der Waals surface area contributed by atoms with Crippen molar-refractivity contribution < 1.29 is 9.21 Å². The number of carbonyl (C=O) groups is 1. The number of thiophene rings is 1. The molecule has 0 fully saturated rings. The Bertz CT molecular complexity index is 1040. The largest absolute Gasteiger partial charge is 0.448 e. The van der Waals surface area contributed by atoms with Crippen LogP contribution < -0.4 is 5.32 Å². The van der Waals surface area contributed by atoms with Gasteiger partial charge in [0, 0.05) is 31.2 Å². The summed E-state index contributed by atoms with van der Waals surface area (Å²) in [6, 6.07) is 5.85. The number of rotatable bonds is 4. The van der Waals surface area contributed by atoms with Gasteiger partial charge in [0.25, 0.3) is 5.91 Å². The number of anilines is 1. The lowest BCUT2D eigenvalue weighted by Crippen LogP contribution is -2.29. The minimum Gasteiger partial charge on any atom is -0.448 e. The molecule has 0 aromatic carbocycles. The van der Waals surface area contributed by atoms with E-state index in [2.05, 4.69) is 21.4 Å². The normalized spacial score (nSPS) is 14.0. The number of aryl methyl sites for hydroxylation is 1. The van der Waals surface area contributed by atoms with Crippen LogP contribution in [-0.4, -0.2) is 27.1 Å². The Balaban J connectivity index is 1.52. The molecule has 9 heteroatoms. The van der Waals surface area contributed by atoms with E-state index < -0.39 is 0 Å². The maximum Gasteiger partial charge on any atom is 0.259 e. The van der Waals surface area contributed by atoms with Gasteiger partial charge in [0.05, 0.1) is 23.9 Å². The predicted octanol–water partition coefficient (Wildman–Crippen LogP) is 3.41. The quantitative estimate of drug-likeness (QED) is 0.723. The number of amides is 1. The Morgan fingerprint density at radius 2 is 2.37 bits per heavy atom. The molecule has 27 heavy (non-hydrogen) atoms. The molecule has 1 aliphatic heterocycles. The third-order valence-electron chi connectivity index (χ3n) is 4.45. The van der Waals surface area contributed by atoms with Crippen molar-refractivity contribution in [3.63, 3.8) is 0 Å². The number of aromatic nitrogens is 2. The number of furan rings is 1. The molecule has 0 radical (unpaired) electrons. The zero-order valence-corrected chi connectivity index (χ0v) is 16.1. The molecule has 0 unspecified atom stereocenters. The highest BCUT2D eigenvalue weighted by Crippen LogP contribution is 2.37. The fourth-order valence-electron chi connectivity index (χ4n) is 3.17. The molecule has 0 saturated carbocycles. The van der Waals surface area contributed by atoms with E-state index >= 15 is 0 Å². The van der Waals surface area contributed by atoms with Crippen molar-refractivity contribution in [2.75, 3.05) is 11.9 Å². The number of carbonyl (C=O) groups excluding carboxylic acids is 1. The van der Waals surface area contributed by atoms with E-state index in [1.54, 1.807) is 24.0 Å². The van der Waals surface area contributed by atoms with Crippen LogP contribution in [0.2, 0.25) is 5.22 Å². The van der Waals surface area contributed by atoms with E-state index in [9.17, 15) is 10.1 Å². The van der Waals surface area contributed by atoms with Crippen LogP contribution in [0.15, 0.2) is 28.9 Å². The smallest absolute Gasteiger partial charge is 0.259 e. The number of hydrogen-bond acceptors (Lipinski definition) is 6. The van der Waals surface area contributed by atoms with Gasteiger partial charge < -0.3 is 9.73 Å². The molecule has 138 valence electrons. The van der Waals surface area contributed by atoms with Gasteiger partial charge in [-0.05, 0) is 35.7 Å². The molecular formula is C18H16ClN5O2S. The lowest BCUT2D eigenvalue weighted by Gasteiger charge is -2.25. The van der Waals surface area contributed by atoms with Crippen LogP contribution in [0.4, 0.5) is 5.00 Å². The number of nitriles is 1. The van der Waals surface area contributed by atoms with Gasteiger partial charge in [0.1, 0.15) is 16.8 Å². The first-order valence-electron chi connectivity index (χ1n) is 8.34. The topological polar surface area (TPSA) is 87.1 Å². The molecule has 1 aliphatic rings. The van der Waals surface area contributed by atoms with E-state index in [0.717, 1.165) is 29.2 Å². The van der Waals surface area contributed by atoms with Crippen molar-refractivity contribution in [1.29, 1.82) is 5.26 Å². The summed E-state index contributed by atoms with van der Waals surface area (Å²) >= 11 is 7.29. The first-order valence-corrected chi connectivity index (χ1v) is 9.54. The van der Waals surface area contributed by atoms with Crippen molar-refractivity contribution in [3.05, 3.63) is 57.1 Å². The summed E-state index contributed by atoms with van der Waals surface area (Å²) in [5, 5.41) is 17.5. The summed E-state index contributed by atoms with van der Waals surface area (Å²) in [7, 11) is 1.75. The molecule has 7 nitrogen and oxygen atoms in total. The third-order valence-corrected chi connectivity index (χ3v) is 5.79. The standard InChI is InChI=1S/C18H16ClN5O2S/c1-23-8-11(7-21-23)17(25)22-18-14(6-20)13-4-5-24(10-15(13)27-18)9-12-2-3-16(19)26-12/h2-3,7-8H,4-5,9-10H2,1H3,(H,22,25). The highest BCUT2D eigenvalue weighted by atomic mass is 35.5. The molecule has 1 amide bonds. The highest BCUT2D eigenvalue weighted by Gasteiger charge is 2.26. The molecule has 0 aliphatic carbocycles. The Labute approximate surface area is 164 Å². The van der Waals surface area contributed by atoms with Crippen molar-refractivity contribution in [2.24, 2.45) is 7.05 Å². The van der Waals surface area contributed by atoms with Crippen LogP contribution in [0.25, 0.3) is 0 Å². The average molecular weight is 402 g/mol. The molecule has 0 bridgehead atoms. The SMILES string of the molecule is Cn1cc(C(=O)Nc2sc3c(c2C#N)CCN(Cc2ccc(Cl)o2)C3)cn1. The van der Waals surface area contributed by atoms with Gasteiger partial charge in [0.15, 0.2) is 5.22 Å². The molecule has 3 aromatic rings. The second-order valence-corrected chi connectivity index (χ2v) is 7.82. The van der Waals surface area contributed by atoms with Crippen LogP contribution in [0.3, 0.4) is 0 Å². The van der Waals surface area contributed by atoms with E-state index in [-0.39, 0.29) is 5.91 Å². The molecule has 0 atom stereocenters. The van der Waals surface area contributed by atoms with Crippen LogP contribution in [0, 0.1) is 11.3 Å². The third kappa shape index (κ3) is 3.62. The average Bonchev–Trinajstić information content (AvgIpc) is 3.33. The van der Waals surface area contributed by atoms with Crippen molar-refractivity contribution >= 4 is 33.8 Å². The monoisotopic (exact) mass is 401 g/mol. The Kier molecular flexibility index (Phi) is 4.74. The fraction of sp³-hybridized carbons (Fsp3) is 0.278. The minimum atomic E-state index is -0.264. The number of halogens is 1. The number of fused-ring (bicyclic) bond motifs is 1. The van der Waals surface area contributed by atoms with Crippen molar-refractivity contribution in [2.45, 2.75) is 19.5 Å². The van der Waals surface area contributed by atoms with Crippen molar-refractivity contribution in [1.82, 2.24) is 14.7 Å². The summed E-state index contributed by atoms with van der Waals surface area (Å²) in [6.45, 7) is 2.17. The van der Waals surface area contributed by atoms with Crippen molar-refractivity contribution in [3.8, 4) is 6.07 Å². The first-order chi connectivity index (χ1) is 13.0. The number of nitrogens with one attached hydrogen (secondary N) is 1. The summed E-state index contributed by atoms with van der Waals surface area (Å²) in [5.74, 6) is 0.547. The summed E-state index contributed by atoms with van der Waals surface area (Å²) in [5.41, 5.74) is 2.05. The van der Waals surface area contributed by atoms with E-state index in [1.165, 1.54) is 17.5 Å². The molecular weight excluding hydrogens is 386 g/mol. The highest BCUT2D eigenvalue weighted by molar-refractivity contribution is 7.16. The fourth-order valence-corrected chi connectivity index (χ4v) is 4.57. The molecule has 0 saturated heterocycles. The Hall–Kier alpha value is -2.60. The van der Waals surface area contributed by atoms with Gasteiger partial charge in [-0.1, -0.05) is 0 Å². The molecule has 1 N–H and O–H groups in total. The lowest BCUT2D eigenvalue weighted by molar-refractivity contribution is 0.102. The zero-order valence-electron chi connectivity index (χ0n) is 14.5. The van der Waals surface area contributed by atoms with Crippen LogP contribution in [-0.2, 0) is 26.6 Å². The first kappa shape index (κ1) is 17.8. The van der Waals surface area contributed by atoms with Gasteiger partial charge in [-0.3, -0.25) is 14.4 Å². The Morgan fingerprint density at radius 1 is 1.52 bits per heavy atom. The Morgan fingerprint density at radius 3 is 3.04 bits per heavy atom. The number of nitrogens with zero attached hydrogens (tertiary/aromatic N) is 4. The van der Waals surface area contributed by atoms with Crippen LogP contribution in [0.1, 0.15) is 32.1 Å². The van der Waals surface area contributed by atoms with Crippen LogP contribution in [0.5, 0.6) is 0 Å². The summed E-state index contributed by atoms with van der Waals surface area (Å²) in [6.07, 6.45) is 3.90. The van der Waals surface area contributed by atoms with Crippen LogP contribution >= 0.6 is 22.9 Å². The second-order valence-electron chi connectivity index (χ2n) is 6.34. The zero-order chi connectivity index (χ0) is 19.0. The number of hydrogen-bond donors (Lipinski definition) is 1. The maximum atomic E-state index is 12.4. The maximum absolute atomic E-state index is 12.4. The van der Waals surface area contributed by atoms with E-state index in [1.807, 2.05) is 6.07 Å². The van der Waals surface area contributed by atoms with Gasteiger partial charge in [-0.15, -0.1) is 11.3 Å². The molecule has 3 aromatic heterocycles. The van der Waals surface area contributed by atoms with Gasteiger partial charge in [-0.25, -0.2) is 0 Å².